The van der Waals surface area contributed by atoms with Gasteiger partial charge in [-0.05, 0) is 26.2 Å². The van der Waals surface area contributed by atoms with E-state index in [4.69, 9.17) is 0 Å². The van der Waals surface area contributed by atoms with Crippen LogP contribution in [-0.4, -0.2) is 15.6 Å². The molecule has 1 saturated carbocycles. The lowest BCUT2D eigenvalue weighted by atomic mass is 9.96. The zero-order chi connectivity index (χ0) is 13.5. The number of unbranched alkanes of at least 4 members (excludes halogenated alkanes) is 3. The Morgan fingerprint density at radius 3 is 2.74 bits per heavy atom. The standard InChI is InChI=1S/C16H29N3/c1-3-4-5-9-12-19-13-14(2)17-16(19)18-15-10-7-6-8-11-15/h13,15H,3-12H2,1-2H3,(H,17,18). The second-order valence-corrected chi connectivity index (χ2v) is 5.94. The number of imidazole rings is 1. The maximum absolute atomic E-state index is 4.66. The van der Waals surface area contributed by atoms with Gasteiger partial charge in [-0.25, -0.2) is 4.98 Å². The number of hydrogen-bond acceptors (Lipinski definition) is 2. The third-order valence-corrected chi connectivity index (χ3v) is 4.09. The van der Waals surface area contributed by atoms with E-state index in [1.54, 1.807) is 0 Å². The van der Waals surface area contributed by atoms with E-state index in [2.05, 4.69) is 34.9 Å². The average Bonchev–Trinajstić information content (AvgIpc) is 2.76. The molecule has 0 spiro atoms. The Bertz CT molecular complexity index is 364. The first-order valence-electron chi connectivity index (χ1n) is 8.10. The molecule has 19 heavy (non-hydrogen) atoms. The van der Waals surface area contributed by atoms with Crippen LogP contribution in [0.15, 0.2) is 6.20 Å². The second-order valence-electron chi connectivity index (χ2n) is 5.94. The summed E-state index contributed by atoms with van der Waals surface area (Å²) in [6.07, 6.45) is 14.2. The van der Waals surface area contributed by atoms with Gasteiger partial charge in [0.15, 0.2) is 0 Å². The molecule has 0 saturated heterocycles. The summed E-state index contributed by atoms with van der Waals surface area (Å²) in [7, 11) is 0. The van der Waals surface area contributed by atoms with Crippen LogP contribution in [0.2, 0.25) is 0 Å². The minimum absolute atomic E-state index is 0.643. The molecule has 1 N–H and O–H groups in total. The fraction of sp³-hybridized carbons (Fsp3) is 0.812. The summed E-state index contributed by atoms with van der Waals surface area (Å²) in [5, 5.41) is 3.66. The van der Waals surface area contributed by atoms with Crippen LogP contribution in [0.5, 0.6) is 0 Å². The van der Waals surface area contributed by atoms with Gasteiger partial charge in [-0.15, -0.1) is 0 Å². The Morgan fingerprint density at radius 2 is 2.00 bits per heavy atom. The number of anilines is 1. The van der Waals surface area contributed by atoms with Gasteiger partial charge >= 0.3 is 0 Å². The topological polar surface area (TPSA) is 29.9 Å². The summed E-state index contributed by atoms with van der Waals surface area (Å²) in [6.45, 7) is 5.46. The molecule has 0 atom stereocenters. The van der Waals surface area contributed by atoms with Crippen LogP contribution in [0, 0.1) is 6.92 Å². The number of rotatable bonds is 7. The molecule has 0 bridgehead atoms. The van der Waals surface area contributed by atoms with Gasteiger partial charge in [-0.1, -0.05) is 45.4 Å². The Balaban J connectivity index is 1.87. The summed E-state index contributed by atoms with van der Waals surface area (Å²) in [5.41, 5.74) is 1.13. The molecule has 0 amide bonds. The van der Waals surface area contributed by atoms with Gasteiger partial charge in [0.05, 0.1) is 5.69 Å². The Labute approximate surface area is 117 Å². The number of aromatic nitrogens is 2. The lowest BCUT2D eigenvalue weighted by molar-refractivity contribution is 0.458. The van der Waals surface area contributed by atoms with E-state index < -0.39 is 0 Å². The minimum atomic E-state index is 0.643. The lowest BCUT2D eigenvalue weighted by Gasteiger charge is -2.23. The van der Waals surface area contributed by atoms with Crippen molar-refractivity contribution >= 4 is 5.95 Å². The van der Waals surface area contributed by atoms with Crippen LogP contribution in [0.3, 0.4) is 0 Å². The fourth-order valence-corrected chi connectivity index (χ4v) is 2.97. The first kappa shape index (κ1) is 14.4. The molecule has 0 aromatic carbocycles. The van der Waals surface area contributed by atoms with Crippen molar-refractivity contribution in [2.75, 3.05) is 5.32 Å². The van der Waals surface area contributed by atoms with Crippen molar-refractivity contribution in [1.82, 2.24) is 9.55 Å². The van der Waals surface area contributed by atoms with Gasteiger partial charge in [0.1, 0.15) is 0 Å². The van der Waals surface area contributed by atoms with Gasteiger partial charge < -0.3 is 9.88 Å². The zero-order valence-corrected chi connectivity index (χ0v) is 12.6. The van der Waals surface area contributed by atoms with E-state index in [1.165, 1.54) is 57.8 Å². The third-order valence-electron chi connectivity index (χ3n) is 4.09. The highest BCUT2D eigenvalue weighted by atomic mass is 15.2. The van der Waals surface area contributed by atoms with Crippen LogP contribution in [0.4, 0.5) is 5.95 Å². The van der Waals surface area contributed by atoms with Gasteiger partial charge in [0.25, 0.3) is 0 Å². The smallest absolute Gasteiger partial charge is 0.203 e. The maximum atomic E-state index is 4.66. The maximum Gasteiger partial charge on any atom is 0.203 e. The highest BCUT2D eigenvalue weighted by Gasteiger charge is 2.15. The minimum Gasteiger partial charge on any atom is -0.353 e. The molecule has 108 valence electrons. The van der Waals surface area contributed by atoms with E-state index in [-0.39, 0.29) is 0 Å². The molecule has 1 fully saturated rings. The van der Waals surface area contributed by atoms with Crippen molar-refractivity contribution in [1.29, 1.82) is 0 Å². The largest absolute Gasteiger partial charge is 0.353 e. The molecular formula is C16H29N3. The summed E-state index contributed by atoms with van der Waals surface area (Å²) < 4.78 is 2.32. The van der Waals surface area contributed by atoms with Gasteiger partial charge in [0.2, 0.25) is 5.95 Å². The van der Waals surface area contributed by atoms with Crippen molar-refractivity contribution in [3.05, 3.63) is 11.9 Å². The molecule has 0 aliphatic heterocycles. The molecule has 0 radical (unpaired) electrons. The van der Waals surface area contributed by atoms with E-state index in [1.807, 2.05) is 0 Å². The molecule has 1 heterocycles. The lowest BCUT2D eigenvalue weighted by Crippen LogP contribution is -2.24. The Morgan fingerprint density at radius 1 is 1.21 bits per heavy atom. The molecule has 0 unspecified atom stereocenters. The highest BCUT2D eigenvalue weighted by Crippen LogP contribution is 2.21. The molecule has 3 heteroatoms. The number of hydrogen-bond donors (Lipinski definition) is 1. The van der Waals surface area contributed by atoms with Gasteiger partial charge in [-0.2, -0.15) is 0 Å². The fourth-order valence-electron chi connectivity index (χ4n) is 2.97. The Hall–Kier alpha value is -0.990. The second kappa shape index (κ2) is 7.56. The quantitative estimate of drug-likeness (QED) is 0.733. The third kappa shape index (κ3) is 4.55. The monoisotopic (exact) mass is 263 g/mol. The summed E-state index contributed by atoms with van der Waals surface area (Å²) in [6, 6.07) is 0.643. The molecule has 1 aliphatic rings. The van der Waals surface area contributed by atoms with Crippen LogP contribution in [-0.2, 0) is 6.54 Å². The molecule has 1 aliphatic carbocycles. The number of aryl methyl sites for hydroxylation is 2. The van der Waals surface area contributed by atoms with Crippen molar-refractivity contribution in [2.45, 2.75) is 84.2 Å². The van der Waals surface area contributed by atoms with E-state index in [0.29, 0.717) is 6.04 Å². The van der Waals surface area contributed by atoms with E-state index >= 15 is 0 Å². The van der Waals surface area contributed by atoms with Crippen molar-refractivity contribution in [2.24, 2.45) is 0 Å². The SMILES string of the molecule is CCCCCCn1cc(C)nc1NC1CCCCC1. The van der Waals surface area contributed by atoms with Gasteiger partial charge in [-0.3, -0.25) is 0 Å². The summed E-state index contributed by atoms with van der Waals surface area (Å²) in [4.78, 5) is 4.66. The van der Waals surface area contributed by atoms with Crippen LogP contribution in [0.1, 0.15) is 70.4 Å². The van der Waals surface area contributed by atoms with E-state index in [9.17, 15) is 0 Å². The molecule has 3 nitrogen and oxygen atoms in total. The summed E-state index contributed by atoms with van der Waals surface area (Å²) in [5.74, 6) is 1.10. The van der Waals surface area contributed by atoms with Gasteiger partial charge in [0, 0.05) is 18.8 Å². The van der Waals surface area contributed by atoms with Crippen LogP contribution in [0.25, 0.3) is 0 Å². The van der Waals surface area contributed by atoms with Crippen molar-refractivity contribution in [3.8, 4) is 0 Å². The van der Waals surface area contributed by atoms with Crippen LogP contribution < -0.4 is 5.32 Å². The Kier molecular flexibility index (Phi) is 5.74. The average molecular weight is 263 g/mol. The highest BCUT2D eigenvalue weighted by molar-refractivity contribution is 5.30. The van der Waals surface area contributed by atoms with E-state index in [0.717, 1.165) is 18.2 Å². The summed E-state index contributed by atoms with van der Waals surface area (Å²) >= 11 is 0. The molecule has 2 rings (SSSR count). The molecule has 1 aromatic heterocycles. The number of nitrogens with zero attached hydrogens (tertiary/aromatic N) is 2. The van der Waals surface area contributed by atoms with Crippen LogP contribution >= 0.6 is 0 Å². The first-order chi connectivity index (χ1) is 9.29. The molecule has 1 aromatic rings. The predicted octanol–water partition coefficient (Wildman–Crippen LogP) is 4.52. The van der Waals surface area contributed by atoms with Crippen molar-refractivity contribution < 1.29 is 0 Å². The zero-order valence-electron chi connectivity index (χ0n) is 12.6. The predicted molar refractivity (Wildman–Crippen MR) is 81.6 cm³/mol. The first-order valence-corrected chi connectivity index (χ1v) is 8.10. The van der Waals surface area contributed by atoms with Crippen molar-refractivity contribution in [3.63, 3.8) is 0 Å². The molecular weight excluding hydrogens is 234 g/mol. The number of nitrogens with one attached hydrogen (secondary N) is 1. The normalized spacial score (nSPS) is 16.7.